The standard InChI is InChI=1S/C9H7BrN2O/c1-5(13)6-2-3-7-8(4-6)11-12-9(7)10/h2-4H,1H3,(H,11,12). The van der Waals surface area contributed by atoms with Crippen molar-refractivity contribution in [1.29, 1.82) is 0 Å². The zero-order chi connectivity index (χ0) is 9.42. The molecular weight excluding hydrogens is 232 g/mol. The molecule has 0 fully saturated rings. The van der Waals surface area contributed by atoms with E-state index < -0.39 is 0 Å². The molecule has 0 saturated heterocycles. The molecule has 0 unspecified atom stereocenters. The third kappa shape index (κ3) is 1.37. The number of aromatic amines is 1. The summed E-state index contributed by atoms with van der Waals surface area (Å²) in [6, 6.07) is 5.45. The molecule has 66 valence electrons. The Kier molecular flexibility index (Phi) is 1.92. The number of fused-ring (bicyclic) bond motifs is 1. The summed E-state index contributed by atoms with van der Waals surface area (Å²) in [5.74, 6) is 0.0565. The van der Waals surface area contributed by atoms with Crippen molar-refractivity contribution < 1.29 is 4.79 Å². The van der Waals surface area contributed by atoms with Crippen LogP contribution in [-0.2, 0) is 0 Å². The molecule has 0 saturated carbocycles. The first kappa shape index (κ1) is 8.44. The number of nitrogens with one attached hydrogen (secondary N) is 1. The van der Waals surface area contributed by atoms with E-state index in [0.29, 0.717) is 5.56 Å². The van der Waals surface area contributed by atoms with E-state index in [9.17, 15) is 4.79 Å². The minimum Gasteiger partial charge on any atom is -0.295 e. The number of carbonyl (C=O) groups is 1. The third-order valence-corrected chi connectivity index (χ3v) is 2.52. The van der Waals surface area contributed by atoms with Gasteiger partial charge in [-0.2, -0.15) is 5.10 Å². The number of Topliss-reactive ketones (excluding diaryl/α,β-unsaturated/α-hetero) is 1. The molecule has 13 heavy (non-hydrogen) atoms. The number of aromatic nitrogens is 2. The smallest absolute Gasteiger partial charge is 0.159 e. The molecule has 1 N–H and O–H groups in total. The second-order valence-electron chi connectivity index (χ2n) is 2.83. The minimum absolute atomic E-state index is 0.0565. The molecule has 4 heteroatoms. The Balaban J connectivity index is 2.70. The van der Waals surface area contributed by atoms with Crippen LogP contribution in [0.25, 0.3) is 10.9 Å². The average Bonchev–Trinajstić information content (AvgIpc) is 2.47. The topological polar surface area (TPSA) is 45.8 Å². The number of hydrogen-bond acceptors (Lipinski definition) is 2. The second kappa shape index (κ2) is 2.96. The molecule has 0 spiro atoms. The second-order valence-corrected chi connectivity index (χ2v) is 3.62. The van der Waals surface area contributed by atoms with Gasteiger partial charge < -0.3 is 0 Å². The van der Waals surface area contributed by atoms with Gasteiger partial charge in [-0.05, 0) is 35.0 Å². The summed E-state index contributed by atoms with van der Waals surface area (Å²) in [7, 11) is 0. The number of benzene rings is 1. The lowest BCUT2D eigenvalue weighted by atomic mass is 10.1. The SMILES string of the molecule is CC(=O)c1ccc2c(Br)[nH]nc2c1. The number of carbonyl (C=O) groups excluding carboxylic acids is 1. The van der Waals surface area contributed by atoms with Crippen LogP contribution in [0.3, 0.4) is 0 Å². The lowest BCUT2D eigenvalue weighted by Crippen LogP contribution is -1.90. The van der Waals surface area contributed by atoms with Gasteiger partial charge in [-0.25, -0.2) is 0 Å². The van der Waals surface area contributed by atoms with Crippen molar-refractivity contribution in [2.75, 3.05) is 0 Å². The summed E-state index contributed by atoms with van der Waals surface area (Å²) in [6.45, 7) is 1.54. The molecule has 1 aromatic carbocycles. The molecule has 1 heterocycles. The predicted octanol–water partition coefficient (Wildman–Crippen LogP) is 2.53. The van der Waals surface area contributed by atoms with Crippen molar-refractivity contribution in [3.8, 4) is 0 Å². The van der Waals surface area contributed by atoms with Crippen molar-refractivity contribution >= 4 is 32.6 Å². The van der Waals surface area contributed by atoms with Crippen LogP contribution in [-0.4, -0.2) is 16.0 Å². The highest BCUT2D eigenvalue weighted by atomic mass is 79.9. The van der Waals surface area contributed by atoms with E-state index in [4.69, 9.17) is 0 Å². The largest absolute Gasteiger partial charge is 0.295 e. The number of hydrogen-bond donors (Lipinski definition) is 1. The van der Waals surface area contributed by atoms with Crippen LogP contribution in [0.2, 0.25) is 0 Å². The molecule has 3 nitrogen and oxygen atoms in total. The number of ketones is 1. The number of H-pyrrole nitrogens is 1. The zero-order valence-corrected chi connectivity index (χ0v) is 8.55. The fourth-order valence-electron chi connectivity index (χ4n) is 1.20. The van der Waals surface area contributed by atoms with Crippen LogP contribution in [0.5, 0.6) is 0 Å². The van der Waals surface area contributed by atoms with E-state index in [1.807, 2.05) is 6.07 Å². The lowest BCUT2D eigenvalue weighted by molar-refractivity contribution is 0.101. The molecule has 0 radical (unpaired) electrons. The van der Waals surface area contributed by atoms with E-state index in [1.165, 1.54) is 0 Å². The van der Waals surface area contributed by atoms with Gasteiger partial charge in [0.05, 0.1) is 5.52 Å². The van der Waals surface area contributed by atoms with Crippen molar-refractivity contribution in [1.82, 2.24) is 10.2 Å². The van der Waals surface area contributed by atoms with Gasteiger partial charge in [-0.1, -0.05) is 6.07 Å². The number of halogens is 1. The van der Waals surface area contributed by atoms with Crippen LogP contribution in [0.15, 0.2) is 22.8 Å². The lowest BCUT2D eigenvalue weighted by Gasteiger charge is -1.93. The molecule has 0 aliphatic rings. The third-order valence-electron chi connectivity index (χ3n) is 1.92. The van der Waals surface area contributed by atoms with E-state index in [1.54, 1.807) is 19.1 Å². The van der Waals surface area contributed by atoms with E-state index >= 15 is 0 Å². The maximum absolute atomic E-state index is 11.0. The van der Waals surface area contributed by atoms with Crippen LogP contribution >= 0.6 is 15.9 Å². The van der Waals surface area contributed by atoms with Gasteiger partial charge in [-0.15, -0.1) is 0 Å². The molecule has 0 atom stereocenters. The van der Waals surface area contributed by atoms with Crippen LogP contribution in [0.4, 0.5) is 0 Å². The molecular formula is C9H7BrN2O. The quantitative estimate of drug-likeness (QED) is 0.777. The fourth-order valence-corrected chi connectivity index (χ4v) is 1.62. The molecule has 2 rings (SSSR count). The van der Waals surface area contributed by atoms with Gasteiger partial charge in [0.25, 0.3) is 0 Å². The van der Waals surface area contributed by atoms with E-state index in [0.717, 1.165) is 15.5 Å². The first-order valence-corrected chi connectivity index (χ1v) is 4.62. The van der Waals surface area contributed by atoms with Crippen LogP contribution in [0, 0.1) is 0 Å². The summed E-state index contributed by atoms with van der Waals surface area (Å²) in [5, 5.41) is 7.83. The Hall–Kier alpha value is -1.16. The zero-order valence-electron chi connectivity index (χ0n) is 6.97. The fraction of sp³-hybridized carbons (Fsp3) is 0.111. The molecule has 0 amide bonds. The highest BCUT2D eigenvalue weighted by Crippen LogP contribution is 2.21. The summed E-state index contributed by atoms with van der Waals surface area (Å²) < 4.78 is 0.845. The molecule has 0 aliphatic carbocycles. The minimum atomic E-state index is 0.0565. The normalized spacial score (nSPS) is 10.6. The highest BCUT2D eigenvalue weighted by molar-refractivity contribution is 9.10. The van der Waals surface area contributed by atoms with Gasteiger partial charge in [0.2, 0.25) is 0 Å². The Morgan fingerprint density at radius 1 is 1.54 bits per heavy atom. The first-order valence-electron chi connectivity index (χ1n) is 3.83. The van der Waals surface area contributed by atoms with Gasteiger partial charge >= 0.3 is 0 Å². The molecule has 0 aliphatic heterocycles. The van der Waals surface area contributed by atoms with Gasteiger partial charge in [-0.3, -0.25) is 9.89 Å². The van der Waals surface area contributed by atoms with Crippen molar-refractivity contribution in [3.05, 3.63) is 28.4 Å². The van der Waals surface area contributed by atoms with Gasteiger partial charge in [0.1, 0.15) is 4.60 Å². The maximum Gasteiger partial charge on any atom is 0.159 e. The highest BCUT2D eigenvalue weighted by Gasteiger charge is 2.05. The number of nitrogens with zero attached hydrogens (tertiary/aromatic N) is 1. The molecule has 0 bridgehead atoms. The summed E-state index contributed by atoms with van der Waals surface area (Å²) in [4.78, 5) is 11.0. The van der Waals surface area contributed by atoms with E-state index in [2.05, 4.69) is 26.1 Å². The Bertz CT molecular complexity index is 475. The van der Waals surface area contributed by atoms with Crippen LogP contribution < -0.4 is 0 Å². The summed E-state index contributed by atoms with van der Waals surface area (Å²) in [6.07, 6.45) is 0. The van der Waals surface area contributed by atoms with Crippen molar-refractivity contribution in [3.63, 3.8) is 0 Å². The maximum atomic E-state index is 11.0. The predicted molar refractivity (Wildman–Crippen MR) is 53.8 cm³/mol. The summed E-state index contributed by atoms with van der Waals surface area (Å²) in [5.41, 5.74) is 1.49. The molecule has 2 aromatic rings. The Morgan fingerprint density at radius 2 is 2.31 bits per heavy atom. The summed E-state index contributed by atoms with van der Waals surface area (Å²) >= 11 is 3.33. The van der Waals surface area contributed by atoms with E-state index in [-0.39, 0.29) is 5.78 Å². The number of rotatable bonds is 1. The monoisotopic (exact) mass is 238 g/mol. The Labute approximate surface area is 83.3 Å². The van der Waals surface area contributed by atoms with Crippen LogP contribution in [0.1, 0.15) is 17.3 Å². The average molecular weight is 239 g/mol. The molecule has 1 aromatic heterocycles. The van der Waals surface area contributed by atoms with Crippen molar-refractivity contribution in [2.45, 2.75) is 6.92 Å². The van der Waals surface area contributed by atoms with Gasteiger partial charge in [0.15, 0.2) is 5.78 Å². The van der Waals surface area contributed by atoms with Crippen molar-refractivity contribution in [2.24, 2.45) is 0 Å². The first-order chi connectivity index (χ1) is 6.18. The van der Waals surface area contributed by atoms with Gasteiger partial charge in [0, 0.05) is 10.9 Å². The Morgan fingerprint density at radius 3 is 3.00 bits per heavy atom.